The highest BCUT2D eigenvalue weighted by molar-refractivity contribution is 6.19. The molecule has 0 fully saturated rings. The van der Waals surface area contributed by atoms with Crippen molar-refractivity contribution >= 4 is 87.5 Å². The number of benzene rings is 14. The van der Waals surface area contributed by atoms with Gasteiger partial charge in [-0.05, 0) is 173 Å². The Kier molecular flexibility index (Phi) is 16.0. The van der Waals surface area contributed by atoms with E-state index < -0.39 is 0 Å². The van der Waals surface area contributed by atoms with Gasteiger partial charge in [0.15, 0.2) is 5.82 Å². The van der Waals surface area contributed by atoms with Gasteiger partial charge in [0.05, 0.1) is 55.9 Å². The second-order valence-corrected chi connectivity index (χ2v) is 28.3. The SMILES string of the molecule is c1ccc(-c2cc(-c3cccc(-n4c5ccc(-c6cccc7c6c6ccccc6n7-c6ccccc6)cc5c5cccnc54)c3)cc(-c3ccccc3)n2)cc1.c1ccc(-c2cc(-c3ccccc3)nc(-c3cccc(-n4c5ccc(-c6cccc7c6c6ccccc6n7-c6ccccc6)cc5c5cccnc54)c3)n2)cc1. The predicted molar refractivity (Wildman–Crippen MR) is 463 cm³/mol. The van der Waals surface area contributed by atoms with Crippen molar-refractivity contribution in [3.8, 4) is 113 Å². The summed E-state index contributed by atoms with van der Waals surface area (Å²) in [5.41, 5.74) is 29.0. The minimum Gasteiger partial charge on any atom is -0.309 e. The number of nitrogens with zero attached hydrogens (tertiary/aromatic N) is 9. The molecule has 22 aromatic rings. The summed E-state index contributed by atoms with van der Waals surface area (Å²) in [7, 11) is 0. The largest absolute Gasteiger partial charge is 0.309 e. The van der Waals surface area contributed by atoms with Gasteiger partial charge in [-0.1, -0.05) is 255 Å². The fourth-order valence-corrected chi connectivity index (χ4v) is 16.7. The van der Waals surface area contributed by atoms with Crippen molar-refractivity contribution in [3.05, 3.63) is 407 Å². The van der Waals surface area contributed by atoms with Crippen LogP contribution in [-0.4, -0.2) is 43.2 Å². The molecule has 14 aromatic carbocycles. The molecule has 0 bridgehead atoms. The third-order valence-corrected chi connectivity index (χ3v) is 21.7. The van der Waals surface area contributed by atoms with E-state index in [1.165, 1.54) is 65.7 Å². The third-order valence-electron chi connectivity index (χ3n) is 21.7. The molecular weight excluding hydrogens is 1360 g/mol. The Morgan fingerprint density at radius 2 is 0.518 bits per heavy atom. The van der Waals surface area contributed by atoms with Crippen molar-refractivity contribution in [3.63, 3.8) is 0 Å². The highest BCUT2D eigenvalue weighted by Crippen LogP contribution is 2.45. The van der Waals surface area contributed by atoms with Crippen molar-refractivity contribution in [2.24, 2.45) is 0 Å². The molecule has 8 aromatic heterocycles. The van der Waals surface area contributed by atoms with Crippen molar-refractivity contribution in [2.75, 3.05) is 0 Å². The molecule has 0 unspecified atom stereocenters. The Morgan fingerprint density at radius 1 is 0.179 bits per heavy atom. The van der Waals surface area contributed by atoms with E-state index in [1.807, 2.05) is 73.1 Å². The average Bonchev–Trinajstić information content (AvgIpc) is 1.59. The lowest BCUT2D eigenvalue weighted by molar-refractivity contribution is 1.13. The molecule has 0 aliphatic heterocycles. The van der Waals surface area contributed by atoms with Gasteiger partial charge in [-0.3, -0.25) is 9.13 Å². The van der Waals surface area contributed by atoms with E-state index >= 15 is 0 Å². The van der Waals surface area contributed by atoms with Crippen LogP contribution in [0.3, 0.4) is 0 Å². The number of hydrogen-bond donors (Lipinski definition) is 0. The van der Waals surface area contributed by atoms with Crippen LogP contribution < -0.4 is 0 Å². The molecule has 0 aliphatic rings. The van der Waals surface area contributed by atoms with E-state index in [4.69, 9.17) is 24.9 Å². The summed E-state index contributed by atoms with van der Waals surface area (Å²) in [6.45, 7) is 0. The quantitative estimate of drug-likeness (QED) is 0.122. The highest BCUT2D eigenvalue weighted by atomic mass is 15.1. The minimum atomic E-state index is 0.672. The number of rotatable bonds is 12. The number of hydrogen-bond acceptors (Lipinski definition) is 5. The maximum absolute atomic E-state index is 5.12. The van der Waals surface area contributed by atoms with Gasteiger partial charge >= 0.3 is 0 Å². The van der Waals surface area contributed by atoms with E-state index in [9.17, 15) is 0 Å². The van der Waals surface area contributed by atoms with Crippen LogP contribution >= 0.6 is 0 Å². The van der Waals surface area contributed by atoms with Crippen molar-refractivity contribution < 1.29 is 0 Å². The molecule has 0 atom stereocenters. The lowest BCUT2D eigenvalue weighted by Gasteiger charge is -2.13. The fourth-order valence-electron chi connectivity index (χ4n) is 16.7. The van der Waals surface area contributed by atoms with Gasteiger partial charge in [-0.15, -0.1) is 0 Å². The Bertz CT molecular complexity index is 6790. The number of para-hydroxylation sites is 4. The summed E-state index contributed by atoms with van der Waals surface area (Å²) in [6, 6.07) is 139. The summed E-state index contributed by atoms with van der Waals surface area (Å²) in [6.07, 6.45) is 3.77. The first-order valence-corrected chi connectivity index (χ1v) is 37.9. The van der Waals surface area contributed by atoms with Gasteiger partial charge in [0.1, 0.15) is 11.3 Å². The zero-order valence-corrected chi connectivity index (χ0v) is 60.7. The standard InChI is InChI=1S/C52H34N4.C51H33N5/c1-4-15-35(16-5-1)46-33-39(34-47(54-46)36-17-6-2-7-18-36)37-19-12-22-41(31-37)56-49-29-28-38(32-45(49)43-25-14-30-53-52(43)56)42-24-13-27-50-51(42)44-23-10-11-26-48(44)55(50)40-20-8-3-9-21-40;1-4-15-34(16-5-1)44-33-45(35-17-6-2-7-18-35)54-50(53-44)37-19-12-22-39(31-37)56-47-29-28-36(32-43(47)41-25-14-30-52-51(41)56)40-24-13-27-48-49(40)42-23-10-11-26-46(42)55(48)38-20-8-3-9-21-38/h1-34H;1-33H. The molecular formula is C103H67N9. The third kappa shape index (κ3) is 11.4. The zero-order valence-electron chi connectivity index (χ0n) is 60.7. The van der Waals surface area contributed by atoms with Gasteiger partial charge in [-0.25, -0.2) is 24.9 Å². The number of pyridine rings is 3. The van der Waals surface area contributed by atoms with Crippen molar-refractivity contribution in [1.29, 1.82) is 0 Å². The molecule has 8 heterocycles. The van der Waals surface area contributed by atoms with Gasteiger partial charge in [0.25, 0.3) is 0 Å². The highest BCUT2D eigenvalue weighted by Gasteiger charge is 2.23. The van der Waals surface area contributed by atoms with E-state index in [1.54, 1.807) is 0 Å². The van der Waals surface area contributed by atoms with Gasteiger partial charge in [0, 0.05) is 106 Å². The molecule has 9 heteroatoms. The molecule has 0 N–H and O–H groups in total. The van der Waals surface area contributed by atoms with Crippen LogP contribution in [0.4, 0.5) is 0 Å². The van der Waals surface area contributed by atoms with E-state index in [0.717, 1.165) is 129 Å². The smallest absolute Gasteiger partial charge is 0.160 e. The fraction of sp³-hybridized carbons (Fsp3) is 0. The zero-order chi connectivity index (χ0) is 74.0. The van der Waals surface area contributed by atoms with E-state index in [-0.39, 0.29) is 0 Å². The molecule has 0 spiro atoms. The average molecular weight is 1430 g/mol. The normalized spacial score (nSPS) is 11.6. The summed E-state index contributed by atoms with van der Waals surface area (Å²) >= 11 is 0. The molecule has 9 nitrogen and oxygen atoms in total. The first kappa shape index (κ1) is 65.1. The monoisotopic (exact) mass is 1430 g/mol. The summed E-state index contributed by atoms with van der Waals surface area (Å²) < 4.78 is 9.32. The second-order valence-electron chi connectivity index (χ2n) is 28.3. The molecule has 22 rings (SSSR count). The van der Waals surface area contributed by atoms with Crippen LogP contribution in [0.25, 0.3) is 200 Å². The van der Waals surface area contributed by atoms with E-state index in [0.29, 0.717) is 5.82 Å². The summed E-state index contributed by atoms with van der Waals surface area (Å²) in [5, 5.41) is 9.51. The Labute approximate surface area is 645 Å². The summed E-state index contributed by atoms with van der Waals surface area (Å²) in [5.74, 6) is 0.672. The Hall–Kier alpha value is -15.2. The number of aromatic nitrogens is 9. The van der Waals surface area contributed by atoms with Crippen LogP contribution in [0, 0.1) is 0 Å². The lowest BCUT2D eigenvalue weighted by atomic mass is 9.98. The second kappa shape index (κ2) is 27.5. The molecule has 0 saturated heterocycles. The molecule has 524 valence electrons. The first-order chi connectivity index (χ1) is 55.6. The van der Waals surface area contributed by atoms with E-state index in [2.05, 4.69) is 352 Å². The Morgan fingerprint density at radius 3 is 0.964 bits per heavy atom. The Balaban J connectivity index is 0.000000141. The molecule has 0 saturated carbocycles. The van der Waals surface area contributed by atoms with Gasteiger partial charge < -0.3 is 9.13 Å². The van der Waals surface area contributed by atoms with Crippen LogP contribution in [0.5, 0.6) is 0 Å². The summed E-state index contributed by atoms with van der Waals surface area (Å²) in [4.78, 5) is 25.3. The topological polar surface area (TPSA) is 84.2 Å². The minimum absolute atomic E-state index is 0.672. The lowest BCUT2D eigenvalue weighted by Crippen LogP contribution is -1.98. The van der Waals surface area contributed by atoms with Crippen molar-refractivity contribution in [1.82, 2.24) is 43.2 Å². The van der Waals surface area contributed by atoms with Crippen LogP contribution in [0.15, 0.2) is 407 Å². The molecule has 0 radical (unpaired) electrons. The van der Waals surface area contributed by atoms with Crippen LogP contribution in [-0.2, 0) is 0 Å². The van der Waals surface area contributed by atoms with Crippen molar-refractivity contribution in [2.45, 2.75) is 0 Å². The predicted octanol–water partition coefficient (Wildman–Crippen LogP) is 26.1. The molecule has 0 aliphatic carbocycles. The van der Waals surface area contributed by atoms with Crippen LogP contribution in [0.2, 0.25) is 0 Å². The van der Waals surface area contributed by atoms with Crippen LogP contribution in [0.1, 0.15) is 0 Å². The van der Waals surface area contributed by atoms with Gasteiger partial charge in [-0.2, -0.15) is 0 Å². The number of fused-ring (bicyclic) bond motifs is 12. The molecule has 112 heavy (non-hydrogen) atoms. The van der Waals surface area contributed by atoms with Gasteiger partial charge in [0.2, 0.25) is 0 Å². The molecule has 0 amide bonds. The first-order valence-electron chi connectivity index (χ1n) is 37.9. The maximum atomic E-state index is 5.12. The maximum Gasteiger partial charge on any atom is 0.160 e.